The molecule has 1 aromatic rings. The molecule has 1 saturated heterocycles. The molecule has 1 aromatic carbocycles. The molecular weight excluding hydrogens is 280 g/mol. The van der Waals surface area contributed by atoms with Crippen molar-refractivity contribution in [2.24, 2.45) is 0 Å². The maximum atomic E-state index is 12.3. The van der Waals surface area contributed by atoms with Gasteiger partial charge in [0, 0.05) is 19.2 Å². The van der Waals surface area contributed by atoms with E-state index in [2.05, 4.69) is 0 Å². The summed E-state index contributed by atoms with van der Waals surface area (Å²) >= 11 is 5.83. The lowest BCUT2D eigenvalue weighted by atomic mass is 10.3. The number of nitrogens with zero attached hydrogens (tertiary/aromatic N) is 2. The molecule has 0 atom stereocenters. The summed E-state index contributed by atoms with van der Waals surface area (Å²) < 4.78 is 25.9. The van der Waals surface area contributed by atoms with E-state index in [9.17, 15) is 18.5 Å². The van der Waals surface area contributed by atoms with E-state index >= 15 is 0 Å². The molecule has 0 aliphatic carbocycles. The highest BCUT2D eigenvalue weighted by molar-refractivity contribution is 7.89. The summed E-state index contributed by atoms with van der Waals surface area (Å²) in [6, 6.07) is 3.86. The van der Waals surface area contributed by atoms with E-state index in [1.807, 2.05) is 0 Å². The third kappa shape index (κ3) is 2.21. The Labute approximate surface area is 109 Å². The highest BCUT2D eigenvalue weighted by Gasteiger charge is 2.35. The van der Waals surface area contributed by atoms with Crippen LogP contribution in [0.5, 0.6) is 0 Å². The predicted molar refractivity (Wildman–Crippen MR) is 66.1 cm³/mol. The Morgan fingerprint density at radius 1 is 1.28 bits per heavy atom. The van der Waals surface area contributed by atoms with Crippen LogP contribution >= 0.6 is 11.6 Å². The summed E-state index contributed by atoms with van der Waals surface area (Å²) in [6.45, 7) is 0.759. The molecule has 0 N–H and O–H groups in total. The summed E-state index contributed by atoms with van der Waals surface area (Å²) in [5.74, 6) is 0. The van der Waals surface area contributed by atoms with Gasteiger partial charge in [0.05, 0.1) is 9.95 Å². The first-order valence-corrected chi connectivity index (χ1v) is 7.19. The molecule has 0 amide bonds. The van der Waals surface area contributed by atoms with Crippen LogP contribution in [0.15, 0.2) is 23.1 Å². The van der Waals surface area contributed by atoms with Crippen molar-refractivity contribution in [2.75, 3.05) is 13.1 Å². The monoisotopic (exact) mass is 290 g/mol. The van der Waals surface area contributed by atoms with E-state index in [-0.39, 0.29) is 5.02 Å². The Morgan fingerprint density at radius 2 is 1.89 bits per heavy atom. The predicted octanol–water partition coefficient (Wildman–Crippen LogP) is 2.03. The minimum Gasteiger partial charge on any atom is -0.258 e. The summed E-state index contributed by atoms with van der Waals surface area (Å²) in [5, 5.41) is 10.8. The van der Waals surface area contributed by atoms with Gasteiger partial charge in [-0.3, -0.25) is 10.1 Å². The van der Waals surface area contributed by atoms with Gasteiger partial charge >= 0.3 is 0 Å². The topological polar surface area (TPSA) is 80.5 Å². The van der Waals surface area contributed by atoms with Crippen molar-refractivity contribution in [1.29, 1.82) is 0 Å². The number of sulfonamides is 1. The van der Waals surface area contributed by atoms with Gasteiger partial charge in [-0.15, -0.1) is 0 Å². The molecule has 98 valence electrons. The molecule has 0 unspecified atom stereocenters. The van der Waals surface area contributed by atoms with Gasteiger partial charge in [0.15, 0.2) is 4.90 Å². The van der Waals surface area contributed by atoms with Crippen molar-refractivity contribution in [3.05, 3.63) is 33.3 Å². The maximum absolute atomic E-state index is 12.3. The van der Waals surface area contributed by atoms with Crippen molar-refractivity contribution in [3.63, 3.8) is 0 Å². The Hall–Kier alpha value is -1.18. The highest BCUT2D eigenvalue weighted by Crippen LogP contribution is 2.34. The van der Waals surface area contributed by atoms with E-state index in [1.54, 1.807) is 0 Å². The summed E-state index contributed by atoms with van der Waals surface area (Å²) in [6.07, 6.45) is 1.52. The molecule has 0 radical (unpaired) electrons. The van der Waals surface area contributed by atoms with Gasteiger partial charge in [-0.2, -0.15) is 4.31 Å². The fraction of sp³-hybridized carbons (Fsp3) is 0.400. The number of rotatable bonds is 3. The number of benzene rings is 1. The molecule has 6 nitrogen and oxygen atoms in total. The first-order chi connectivity index (χ1) is 8.44. The Kier molecular flexibility index (Phi) is 3.56. The number of halogens is 1. The van der Waals surface area contributed by atoms with Gasteiger partial charge in [0.25, 0.3) is 15.7 Å². The summed E-state index contributed by atoms with van der Waals surface area (Å²) in [7, 11) is -3.89. The van der Waals surface area contributed by atoms with Crippen LogP contribution in [0.2, 0.25) is 5.02 Å². The zero-order valence-electron chi connectivity index (χ0n) is 9.37. The molecule has 1 aliphatic heterocycles. The molecule has 1 heterocycles. The van der Waals surface area contributed by atoms with Gasteiger partial charge in [0.1, 0.15) is 0 Å². The number of hydrogen-bond acceptors (Lipinski definition) is 4. The lowest BCUT2D eigenvalue weighted by molar-refractivity contribution is -0.387. The normalized spacial score (nSPS) is 16.9. The summed E-state index contributed by atoms with van der Waals surface area (Å²) in [4.78, 5) is 9.77. The molecule has 1 fully saturated rings. The Morgan fingerprint density at radius 3 is 2.44 bits per heavy atom. The van der Waals surface area contributed by atoms with E-state index in [0.29, 0.717) is 13.1 Å². The fourth-order valence-corrected chi connectivity index (χ4v) is 4.13. The SMILES string of the molecule is O=[N+]([O-])c1cccc(Cl)c1S(=O)(=O)N1CCCC1. The van der Waals surface area contributed by atoms with Crippen LogP contribution in [0.3, 0.4) is 0 Å². The standard InChI is InChI=1S/C10H11ClN2O4S/c11-8-4-3-5-9(13(14)15)10(8)18(16,17)12-6-1-2-7-12/h3-5H,1-2,6-7H2. The first-order valence-electron chi connectivity index (χ1n) is 5.37. The minimum absolute atomic E-state index is 0.115. The summed E-state index contributed by atoms with van der Waals surface area (Å²) in [5.41, 5.74) is -0.477. The van der Waals surface area contributed by atoms with Crippen molar-refractivity contribution in [1.82, 2.24) is 4.31 Å². The molecule has 18 heavy (non-hydrogen) atoms. The van der Waals surface area contributed by atoms with E-state index < -0.39 is 25.5 Å². The number of hydrogen-bond donors (Lipinski definition) is 0. The number of nitro benzene ring substituents is 1. The van der Waals surface area contributed by atoms with Gasteiger partial charge in [-0.05, 0) is 18.9 Å². The second-order valence-electron chi connectivity index (χ2n) is 3.96. The fourth-order valence-electron chi connectivity index (χ4n) is 1.95. The van der Waals surface area contributed by atoms with E-state index in [0.717, 1.165) is 18.9 Å². The molecule has 0 bridgehead atoms. The molecule has 0 spiro atoms. The zero-order valence-corrected chi connectivity index (χ0v) is 10.9. The number of nitro groups is 1. The average Bonchev–Trinajstić information content (AvgIpc) is 2.82. The molecule has 0 saturated carbocycles. The van der Waals surface area contributed by atoms with Crippen LogP contribution in [0.25, 0.3) is 0 Å². The van der Waals surface area contributed by atoms with Crippen molar-refractivity contribution in [2.45, 2.75) is 17.7 Å². The van der Waals surface area contributed by atoms with E-state index in [1.165, 1.54) is 16.4 Å². The Bertz CT molecular complexity index is 582. The third-order valence-electron chi connectivity index (χ3n) is 2.81. The highest BCUT2D eigenvalue weighted by atomic mass is 35.5. The average molecular weight is 291 g/mol. The molecule has 2 rings (SSSR count). The molecule has 1 aliphatic rings. The Balaban J connectivity index is 2.59. The van der Waals surface area contributed by atoms with Gasteiger partial charge in [-0.25, -0.2) is 8.42 Å². The maximum Gasteiger partial charge on any atom is 0.290 e. The second-order valence-corrected chi connectivity index (χ2v) is 6.24. The second kappa shape index (κ2) is 4.83. The largest absolute Gasteiger partial charge is 0.290 e. The van der Waals surface area contributed by atoms with Crippen LogP contribution in [-0.4, -0.2) is 30.7 Å². The lowest BCUT2D eigenvalue weighted by Crippen LogP contribution is -2.28. The molecular formula is C10H11ClN2O4S. The van der Waals surface area contributed by atoms with Gasteiger partial charge in [-0.1, -0.05) is 17.7 Å². The van der Waals surface area contributed by atoms with Crippen LogP contribution in [-0.2, 0) is 10.0 Å². The zero-order chi connectivity index (χ0) is 13.3. The van der Waals surface area contributed by atoms with E-state index in [4.69, 9.17) is 11.6 Å². The molecule has 0 aromatic heterocycles. The van der Waals surface area contributed by atoms with Crippen LogP contribution in [0.1, 0.15) is 12.8 Å². The van der Waals surface area contributed by atoms with Crippen molar-refractivity contribution < 1.29 is 13.3 Å². The quantitative estimate of drug-likeness (QED) is 0.630. The van der Waals surface area contributed by atoms with Crippen molar-refractivity contribution >= 4 is 27.3 Å². The van der Waals surface area contributed by atoms with Gasteiger partial charge in [0.2, 0.25) is 0 Å². The molecule has 8 heteroatoms. The van der Waals surface area contributed by atoms with Crippen LogP contribution < -0.4 is 0 Å². The third-order valence-corrected chi connectivity index (χ3v) is 5.22. The lowest BCUT2D eigenvalue weighted by Gasteiger charge is -2.16. The first kappa shape index (κ1) is 13.3. The minimum atomic E-state index is -3.89. The van der Waals surface area contributed by atoms with Crippen LogP contribution in [0.4, 0.5) is 5.69 Å². The smallest absolute Gasteiger partial charge is 0.258 e. The van der Waals surface area contributed by atoms with Crippen molar-refractivity contribution in [3.8, 4) is 0 Å². The van der Waals surface area contributed by atoms with Crippen LogP contribution in [0, 0.1) is 10.1 Å². The van der Waals surface area contributed by atoms with Gasteiger partial charge < -0.3 is 0 Å².